The fourth-order valence-electron chi connectivity index (χ4n) is 1.94. The van der Waals surface area contributed by atoms with Gasteiger partial charge < -0.3 is 16.2 Å². The van der Waals surface area contributed by atoms with Crippen LogP contribution < -0.4 is 11.5 Å². The van der Waals surface area contributed by atoms with Crippen LogP contribution >= 0.6 is 0 Å². The standard InChI is InChI=1S/C13H13N3O/c14-9-3-1-8(2-4-9)13-16-11-7-10(15)5-6-12(11)17-13/h1-5,7,12H,6,14-15H2. The van der Waals surface area contributed by atoms with Crippen molar-refractivity contribution in [2.75, 3.05) is 5.73 Å². The molecule has 0 radical (unpaired) electrons. The van der Waals surface area contributed by atoms with E-state index >= 15 is 0 Å². The summed E-state index contributed by atoms with van der Waals surface area (Å²) in [6.45, 7) is 0. The van der Waals surface area contributed by atoms with Crippen molar-refractivity contribution in [1.82, 2.24) is 0 Å². The van der Waals surface area contributed by atoms with Crippen molar-refractivity contribution in [2.45, 2.75) is 12.5 Å². The third-order valence-electron chi connectivity index (χ3n) is 2.85. The number of hydrogen-bond acceptors (Lipinski definition) is 4. The molecule has 1 unspecified atom stereocenters. The van der Waals surface area contributed by atoms with Crippen molar-refractivity contribution in [1.29, 1.82) is 0 Å². The molecule has 17 heavy (non-hydrogen) atoms. The van der Waals surface area contributed by atoms with Gasteiger partial charge in [0.15, 0.2) is 0 Å². The van der Waals surface area contributed by atoms with Crippen molar-refractivity contribution in [3.05, 3.63) is 53.4 Å². The lowest BCUT2D eigenvalue weighted by Crippen LogP contribution is -2.15. The Bertz CT molecular complexity index is 540. The fraction of sp³-hybridized carbons (Fsp3) is 0.154. The van der Waals surface area contributed by atoms with E-state index in [1.807, 2.05) is 36.4 Å². The van der Waals surface area contributed by atoms with Crippen molar-refractivity contribution in [2.24, 2.45) is 10.7 Å². The number of anilines is 1. The third kappa shape index (κ3) is 1.78. The van der Waals surface area contributed by atoms with Crippen molar-refractivity contribution >= 4 is 11.6 Å². The largest absolute Gasteiger partial charge is 0.467 e. The Labute approximate surface area is 99.3 Å². The molecule has 1 atom stereocenters. The molecular formula is C13H13N3O. The SMILES string of the molecule is NC1=CCC2OC(c3ccc(N)cc3)=NC2=C1. The highest BCUT2D eigenvalue weighted by Gasteiger charge is 2.27. The van der Waals surface area contributed by atoms with Crippen LogP contribution in [0.3, 0.4) is 0 Å². The van der Waals surface area contributed by atoms with Gasteiger partial charge in [-0.05, 0) is 30.3 Å². The van der Waals surface area contributed by atoms with Gasteiger partial charge in [0.25, 0.3) is 0 Å². The molecule has 1 aliphatic carbocycles. The van der Waals surface area contributed by atoms with Crippen LogP contribution in [-0.4, -0.2) is 12.0 Å². The minimum atomic E-state index is 0.00912. The van der Waals surface area contributed by atoms with Crippen LogP contribution in [0.1, 0.15) is 12.0 Å². The molecule has 4 nitrogen and oxygen atoms in total. The van der Waals surface area contributed by atoms with Gasteiger partial charge in [0.1, 0.15) is 6.10 Å². The summed E-state index contributed by atoms with van der Waals surface area (Å²) in [6.07, 6.45) is 4.60. The van der Waals surface area contributed by atoms with Gasteiger partial charge in [-0.2, -0.15) is 0 Å². The summed E-state index contributed by atoms with van der Waals surface area (Å²) in [7, 11) is 0. The fourth-order valence-corrected chi connectivity index (χ4v) is 1.94. The number of nitrogens with zero attached hydrogens (tertiary/aromatic N) is 1. The van der Waals surface area contributed by atoms with E-state index in [4.69, 9.17) is 16.2 Å². The number of allylic oxidation sites excluding steroid dienone is 1. The quantitative estimate of drug-likeness (QED) is 0.715. The highest BCUT2D eigenvalue weighted by Crippen LogP contribution is 2.27. The summed E-state index contributed by atoms with van der Waals surface area (Å²) in [5, 5.41) is 0. The van der Waals surface area contributed by atoms with Gasteiger partial charge in [-0.15, -0.1) is 0 Å². The van der Waals surface area contributed by atoms with Crippen LogP contribution in [0.4, 0.5) is 5.69 Å². The van der Waals surface area contributed by atoms with E-state index in [9.17, 15) is 0 Å². The lowest BCUT2D eigenvalue weighted by atomic mass is 10.1. The van der Waals surface area contributed by atoms with Crippen LogP contribution in [0.5, 0.6) is 0 Å². The topological polar surface area (TPSA) is 73.6 Å². The average molecular weight is 227 g/mol. The van der Waals surface area contributed by atoms with Gasteiger partial charge >= 0.3 is 0 Å². The number of ether oxygens (including phenoxy) is 1. The zero-order chi connectivity index (χ0) is 11.8. The molecule has 0 bridgehead atoms. The molecule has 0 amide bonds. The zero-order valence-corrected chi connectivity index (χ0v) is 9.26. The molecule has 3 rings (SSSR count). The molecule has 86 valence electrons. The van der Waals surface area contributed by atoms with E-state index in [-0.39, 0.29) is 6.10 Å². The predicted molar refractivity (Wildman–Crippen MR) is 67.2 cm³/mol. The summed E-state index contributed by atoms with van der Waals surface area (Å²) in [4.78, 5) is 4.45. The molecule has 0 spiro atoms. The highest BCUT2D eigenvalue weighted by molar-refractivity contribution is 5.96. The van der Waals surface area contributed by atoms with E-state index in [1.54, 1.807) is 0 Å². The maximum atomic E-state index is 5.78. The van der Waals surface area contributed by atoms with Crippen LogP contribution in [0.15, 0.2) is 52.8 Å². The van der Waals surface area contributed by atoms with Gasteiger partial charge in [0, 0.05) is 23.4 Å². The van der Waals surface area contributed by atoms with Crippen molar-refractivity contribution < 1.29 is 4.74 Å². The van der Waals surface area contributed by atoms with Crippen molar-refractivity contribution in [3.63, 3.8) is 0 Å². The predicted octanol–water partition coefficient (Wildman–Crippen LogP) is 1.54. The summed E-state index contributed by atoms with van der Waals surface area (Å²) >= 11 is 0. The lowest BCUT2D eigenvalue weighted by molar-refractivity contribution is 0.247. The summed E-state index contributed by atoms with van der Waals surface area (Å²) in [5.41, 5.74) is 14.7. The van der Waals surface area contributed by atoms with E-state index in [0.29, 0.717) is 5.90 Å². The molecule has 1 aromatic rings. The number of benzene rings is 1. The lowest BCUT2D eigenvalue weighted by Gasteiger charge is -2.13. The molecule has 1 aliphatic heterocycles. The van der Waals surface area contributed by atoms with E-state index in [1.165, 1.54) is 0 Å². The molecule has 1 heterocycles. The van der Waals surface area contributed by atoms with E-state index < -0.39 is 0 Å². The Morgan fingerprint density at radius 1 is 1.18 bits per heavy atom. The maximum absolute atomic E-state index is 5.78. The summed E-state index contributed by atoms with van der Waals surface area (Å²) in [5.74, 6) is 0.643. The Balaban J connectivity index is 1.92. The molecule has 4 N–H and O–H groups in total. The first kappa shape index (κ1) is 9.96. The molecular weight excluding hydrogens is 214 g/mol. The molecule has 2 aliphatic rings. The van der Waals surface area contributed by atoms with Crippen LogP contribution in [-0.2, 0) is 4.74 Å². The van der Waals surface area contributed by atoms with Crippen LogP contribution in [0.2, 0.25) is 0 Å². The van der Waals surface area contributed by atoms with Crippen LogP contribution in [0.25, 0.3) is 0 Å². The minimum absolute atomic E-state index is 0.00912. The summed E-state index contributed by atoms with van der Waals surface area (Å²) in [6, 6.07) is 7.49. The Morgan fingerprint density at radius 3 is 2.71 bits per heavy atom. The van der Waals surface area contributed by atoms with Gasteiger partial charge in [-0.3, -0.25) is 0 Å². The smallest absolute Gasteiger partial charge is 0.221 e. The molecule has 1 aromatic carbocycles. The third-order valence-corrected chi connectivity index (χ3v) is 2.85. The second-order valence-corrected chi connectivity index (χ2v) is 4.15. The first-order valence-electron chi connectivity index (χ1n) is 5.51. The van der Waals surface area contributed by atoms with Crippen molar-refractivity contribution in [3.8, 4) is 0 Å². The number of rotatable bonds is 1. The first-order valence-corrected chi connectivity index (χ1v) is 5.51. The Hall–Kier alpha value is -2.23. The molecule has 0 saturated heterocycles. The molecule has 0 fully saturated rings. The number of aliphatic imine (C=N–C) groups is 1. The summed E-state index contributed by atoms with van der Waals surface area (Å²) < 4.78 is 5.78. The number of nitrogens with two attached hydrogens (primary N) is 2. The average Bonchev–Trinajstić information content (AvgIpc) is 2.72. The number of fused-ring (bicyclic) bond motifs is 1. The second-order valence-electron chi connectivity index (χ2n) is 4.15. The molecule has 0 saturated carbocycles. The minimum Gasteiger partial charge on any atom is -0.467 e. The Morgan fingerprint density at radius 2 is 1.94 bits per heavy atom. The number of hydrogen-bond donors (Lipinski definition) is 2. The van der Waals surface area contributed by atoms with E-state index in [2.05, 4.69) is 4.99 Å². The van der Waals surface area contributed by atoms with E-state index in [0.717, 1.165) is 29.1 Å². The van der Waals surface area contributed by atoms with Gasteiger partial charge in [-0.25, -0.2) is 4.99 Å². The normalized spacial score (nSPS) is 22.1. The van der Waals surface area contributed by atoms with Gasteiger partial charge in [-0.1, -0.05) is 6.08 Å². The molecule has 4 heteroatoms. The number of nitrogen functional groups attached to an aromatic ring is 1. The Kier molecular flexibility index (Phi) is 2.14. The maximum Gasteiger partial charge on any atom is 0.221 e. The highest BCUT2D eigenvalue weighted by atomic mass is 16.5. The molecule has 0 aromatic heterocycles. The monoisotopic (exact) mass is 227 g/mol. The zero-order valence-electron chi connectivity index (χ0n) is 9.26. The first-order chi connectivity index (χ1) is 8.22. The van der Waals surface area contributed by atoms with Gasteiger partial charge in [0.2, 0.25) is 5.90 Å². The van der Waals surface area contributed by atoms with Crippen LogP contribution in [0, 0.1) is 0 Å². The van der Waals surface area contributed by atoms with Gasteiger partial charge in [0.05, 0.1) is 5.70 Å². The second kappa shape index (κ2) is 3.66.